The van der Waals surface area contributed by atoms with E-state index in [1.807, 2.05) is 0 Å². The highest BCUT2D eigenvalue weighted by Crippen LogP contribution is 2.30. The fraction of sp³-hybridized carbons (Fsp3) is 0.143. The summed E-state index contributed by atoms with van der Waals surface area (Å²) in [5.74, 6) is 5.14. The third-order valence-electron chi connectivity index (χ3n) is 3.00. The number of hydrogen-bond acceptors (Lipinski definition) is 2. The Morgan fingerprint density at radius 2 is 1.75 bits per heavy atom. The SMILES string of the molecule is NNC(Cc1c(Cl)cccc1Cl)c1cc(Cl)ccc1F. The third-order valence-corrected chi connectivity index (χ3v) is 3.95. The van der Waals surface area contributed by atoms with Gasteiger partial charge >= 0.3 is 0 Å². The maximum atomic E-state index is 13.9. The van der Waals surface area contributed by atoms with Gasteiger partial charge in [0, 0.05) is 20.6 Å². The maximum Gasteiger partial charge on any atom is 0.128 e. The van der Waals surface area contributed by atoms with Crippen LogP contribution in [0, 0.1) is 5.82 Å². The zero-order valence-electron chi connectivity index (χ0n) is 10.3. The van der Waals surface area contributed by atoms with Crippen LogP contribution in [0.3, 0.4) is 0 Å². The van der Waals surface area contributed by atoms with E-state index >= 15 is 0 Å². The normalized spacial score (nSPS) is 12.4. The molecule has 1 atom stereocenters. The number of nitrogens with two attached hydrogens (primary N) is 1. The molecule has 0 aliphatic rings. The fourth-order valence-electron chi connectivity index (χ4n) is 1.97. The van der Waals surface area contributed by atoms with Gasteiger partial charge in [-0.25, -0.2) is 4.39 Å². The monoisotopic (exact) mass is 332 g/mol. The van der Waals surface area contributed by atoms with Gasteiger partial charge in [-0.3, -0.25) is 11.3 Å². The zero-order valence-corrected chi connectivity index (χ0v) is 12.6. The number of halogens is 4. The highest BCUT2D eigenvalue weighted by atomic mass is 35.5. The number of hydrogen-bond donors (Lipinski definition) is 2. The van der Waals surface area contributed by atoms with Gasteiger partial charge < -0.3 is 0 Å². The maximum absolute atomic E-state index is 13.9. The van der Waals surface area contributed by atoms with Crippen molar-refractivity contribution >= 4 is 34.8 Å². The lowest BCUT2D eigenvalue weighted by Gasteiger charge is -2.19. The summed E-state index contributed by atoms with van der Waals surface area (Å²) in [7, 11) is 0. The van der Waals surface area contributed by atoms with Crippen molar-refractivity contribution in [2.24, 2.45) is 5.84 Å². The molecule has 3 N–H and O–H groups in total. The van der Waals surface area contributed by atoms with E-state index in [-0.39, 0.29) is 5.82 Å². The Balaban J connectivity index is 2.36. The van der Waals surface area contributed by atoms with E-state index in [1.165, 1.54) is 18.2 Å². The lowest BCUT2D eigenvalue weighted by molar-refractivity contribution is 0.511. The molecular weight excluding hydrogens is 322 g/mol. The fourth-order valence-corrected chi connectivity index (χ4v) is 2.70. The molecule has 0 aliphatic heterocycles. The predicted octanol–water partition coefficient (Wildman–Crippen LogP) is 4.53. The van der Waals surface area contributed by atoms with Crippen molar-refractivity contribution in [3.05, 3.63) is 68.4 Å². The van der Waals surface area contributed by atoms with E-state index in [0.717, 1.165) is 0 Å². The van der Waals surface area contributed by atoms with Gasteiger partial charge in [-0.15, -0.1) is 0 Å². The van der Waals surface area contributed by atoms with Gasteiger partial charge in [0.25, 0.3) is 0 Å². The second kappa shape index (κ2) is 6.74. The van der Waals surface area contributed by atoms with Crippen LogP contribution in [0.5, 0.6) is 0 Å². The van der Waals surface area contributed by atoms with Crippen LogP contribution in [-0.4, -0.2) is 0 Å². The molecule has 0 spiro atoms. The first kappa shape index (κ1) is 15.5. The average molecular weight is 334 g/mol. The number of hydrazine groups is 1. The molecule has 0 bridgehead atoms. The summed E-state index contributed by atoms with van der Waals surface area (Å²) in [6, 6.07) is 9.04. The molecule has 0 heterocycles. The molecule has 6 heteroatoms. The van der Waals surface area contributed by atoms with E-state index in [0.29, 0.717) is 32.6 Å². The van der Waals surface area contributed by atoms with E-state index in [4.69, 9.17) is 40.6 Å². The molecule has 0 fully saturated rings. The Kier molecular flexibility index (Phi) is 5.24. The molecule has 2 nitrogen and oxygen atoms in total. The van der Waals surface area contributed by atoms with Crippen LogP contribution in [0.1, 0.15) is 17.2 Å². The van der Waals surface area contributed by atoms with Crippen LogP contribution in [0.15, 0.2) is 36.4 Å². The van der Waals surface area contributed by atoms with Crippen molar-refractivity contribution in [1.29, 1.82) is 0 Å². The molecule has 0 aromatic heterocycles. The largest absolute Gasteiger partial charge is 0.271 e. The van der Waals surface area contributed by atoms with Crippen LogP contribution in [0.2, 0.25) is 15.1 Å². The van der Waals surface area contributed by atoms with Gasteiger partial charge in [0.15, 0.2) is 0 Å². The smallest absolute Gasteiger partial charge is 0.128 e. The minimum Gasteiger partial charge on any atom is -0.271 e. The number of nitrogens with one attached hydrogen (secondary N) is 1. The van der Waals surface area contributed by atoms with Crippen molar-refractivity contribution < 1.29 is 4.39 Å². The quantitative estimate of drug-likeness (QED) is 0.637. The van der Waals surface area contributed by atoms with E-state index < -0.39 is 6.04 Å². The molecule has 2 aromatic carbocycles. The minimum atomic E-state index is -0.480. The third kappa shape index (κ3) is 3.43. The molecule has 20 heavy (non-hydrogen) atoms. The topological polar surface area (TPSA) is 38.0 Å². The Morgan fingerprint density at radius 1 is 1.10 bits per heavy atom. The first-order chi connectivity index (χ1) is 9.52. The molecule has 2 aromatic rings. The van der Waals surface area contributed by atoms with Crippen molar-refractivity contribution in [1.82, 2.24) is 5.43 Å². The minimum absolute atomic E-state index is 0.353. The van der Waals surface area contributed by atoms with Gasteiger partial charge in [-0.1, -0.05) is 40.9 Å². The Morgan fingerprint density at radius 3 is 2.35 bits per heavy atom. The Hall–Kier alpha value is -0.840. The van der Waals surface area contributed by atoms with Crippen LogP contribution < -0.4 is 11.3 Å². The highest BCUT2D eigenvalue weighted by molar-refractivity contribution is 6.36. The van der Waals surface area contributed by atoms with Gasteiger partial charge in [0.05, 0.1) is 6.04 Å². The van der Waals surface area contributed by atoms with Crippen LogP contribution in [0.4, 0.5) is 4.39 Å². The van der Waals surface area contributed by atoms with Gasteiger partial charge in [-0.05, 0) is 42.3 Å². The molecule has 1 unspecified atom stereocenters. The van der Waals surface area contributed by atoms with Crippen LogP contribution in [-0.2, 0) is 6.42 Å². The van der Waals surface area contributed by atoms with E-state index in [2.05, 4.69) is 5.43 Å². The second-order valence-electron chi connectivity index (χ2n) is 4.29. The van der Waals surface area contributed by atoms with Gasteiger partial charge in [0.2, 0.25) is 0 Å². The van der Waals surface area contributed by atoms with Crippen molar-refractivity contribution in [3.63, 3.8) is 0 Å². The molecule has 0 saturated heterocycles. The lowest BCUT2D eigenvalue weighted by Crippen LogP contribution is -2.30. The van der Waals surface area contributed by atoms with E-state index in [9.17, 15) is 4.39 Å². The summed E-state index contributed by atoms with van der Waals surface area (Å²) < 4.78 is 13.9. The van der Waals surface area contributed by atoms with Crippen molar-refractivity contribution in [3.8, 4) is 0 Å². The van der Waals surface area contributed by atoms with Crippen LogP contribution in [0.25, 0.3) is 0 Å². The molecule has 0 radical (unpaired) electrons. The van der Waals surface area contributed by atoms with E-state index in [1.54, 1.807) is 18.2 Å². The predicted molar refractivity (Wildman–Crippen MR) is 81.6 cm³/mol. The second-order valence-corrected chi connectivity index (χ2v) is 5.54. The number of rotatable bonds is 4. The first-order valence-corrected chi connectivity index (χ1v) is 7.00. The summed E-state index contributed by atoms with van der Waals surface area (Å²) in [6.45, 7) is 0. The summed E-state index contributed by atoms with van der Waals surface area (Å²) in [4.78, 5) is 0. The Labute approximate surface area is 131 Å². The van der Waals surface area contributed by atoms with Gasteiger partial charge in [0.1, 0.15) is 5.82 Å². The molecule has 106 valence electrons. The average Bonchev–Trinajstić information content (AvgIpc) is 2.42. The molecule has 2 rings (SSSR count). The summed E-state index contributed by atoms with van der Waals surface area (Å²) >= 11 is 18.1. The number of benzene rings is 2. The zero-order chi connectivity index (χ0) is 14.7. The van der Waals surface area contributed by atoms with Crippen LogP contribution >= 0.6 is 34.8 Å². The molecule has 0 saturated carbocycles. The standard InChI is InChI=1S/C14H12Cl3FN2/c15-8-4-5-13(18)10(6-8)14(20-19)7-9-11(16)2-1-3-12(9)17/h1-6,14,20H,7,19H2. The summed E-state index contributed by atoms with van der Waals surface area (Å²) in [5.41, 5.74) is 3.65. The summed E-state index contributed by atoms with van der Waals surface area (Å²) in [6.07, 6.45) is 0.353. The molecular formula is C14H12Cl3FN2. The van der Waals surface area contributed by atoms with Gasteiger partial charge in [-0.2, -0.15) is 0 Å². The lowest BCUT2D eigenvalue weighted by atomic mass is 9.99. The molecule has 0 aliphatic carbocycles. The summed E-state index contributed by atoms with van der Waals surface area (Å²) in [5, 5.41) is 1.47. The first-order valence-electron chi connectivity index (χ1n) is 5.87. The van der Waals surface area contributed by atoms with Crippen molar-refractivity contribution in [2.75, 3.05) is 0 Å². The molecule has 0 amide bonds. The van der Waals surface area contributed by atoms with Crippen molar-refractivity contribution in [2.45, 2.75) is 12.5 Å². The Bertz CT molecular complexity index is 599. The highest BCUT2D eigenvalue weighted by Gasteiger charge is 2.18.